The first-order chi connectivity index (χ1) is 10.1. The fraction of sp³-hybridized carbons (Fsp3) is 0.938. The van der Waals surface area contributed by atoms with Crippen LogP contribution in [0.5, 0.6) is 0 Å². The van der Waals surface area contributed by atoms with Crippen molar-refractivity contribution in [3.63, 3.8) is 0 Å². The van der Waals surface area contributed by atoms with Crippen LogP contribution in [0, 0.1) is 11.8 Å². The summed E-state index contributed by atoms with van der Waals surface area (Å²) in [5, 5.41) is 6.23. The molecule has 0 aromatic rings. The van der Waals surface area contributed by atoms with Crippen molar-refractivity contribution in [1.82, 2.24) is 10.6 Å². The van der Waals surface area contributed by atoms with E-state index in [9.17, 15) is 4.79 Å². The number of alkyl carbamates (subject to hydrolysis) is 1. The molecule has 2 unspecified atom stereocenters. The molecule has 0 radical (unpaired) electrons. The van der Waals surface area contributed by atoms with Gasteiger partial charge in [-0.05, 0) is 39.5 Å². The zero-order valence-electron chi connectivity index (χ0n) is 15.4. The Labute approximate surface area is 135 Å². The first-order valence-corrected chi connectivity index (χ1v) is 7.86. The lowest BCUT2D eigenvalue weighted by Gasteiger charge is -2.27. The van der Waals surface area contributed by atoms with E-state index in [1.54, 1.807) is 14.2 Å². The number of rotatable bonds is 9. The molecule has 0 aromatic carbocycles. The summed E-state index contributed by atoms with van der Waals surface area (Å²) in [6.45, 7) is 13.2. The predicted molar refractivity (Wildman–Crippen MR) is 87.8 cm³/mol. The van der Waals surface area contributed by atoms with Crippen LogP contribution in [0.25, 0.3) is 0 Å². The molecule has 0 fully saturated rings. The standard InChI is InChI=1S/C16H34N2O4/c1-11(2)13(9-17-12(3)14(20-7)21-8)10-18-15(19)22-16(4,5)6/h11-14,17H,9-10H2,1-8H3,(H,18,19). The largest absolute Gasteiger partial charge is 0.444 e. The van der Waals surface area contributed by atoms with E-state index in [0.29, 0.717) is 18.4 Å². The van der Waals surface area contributed by atoms with Crippen molar-refractivity contribution in [3.8, 4) is 0 Å². The molecule has 0 aliphatic carbocycles. The number of amides is 1. The van der Waals surface area contributed by atoms with Crippen LogP contribution in [-0.2, 0) is 14.2 Å². The van der Waals surface area contributed by atoms with E-state index in [1.807, 2.05) is 27.7 Å². The van der Waals surface area contributed by atoms with E-state index in [0.717, 1.165) is 6.54 Å². The topological polar surface area (TPSA) is 68.8 Å². The smallest absolute Gasteiger partial charge is 0.407 e. The van der Waals surface area contributed by atoms with Crippen LogP contribution in [0.2, 0.25) is 0 Å². The molecule has 0 aliphatic heterocycles. The van der Waals surface area contributed by atoms with Gasteiger partial charge in [0.1, 0.15) is 5.60 Å². The van der Waals surface area contributed by atoms with E-state index < -0.39 is 5.60 Å². The summed E-state index contributed by atoms with van der Waals surface area (Å²) in [6, 6.07) is 0.0674. The summed E-state index contributed by atoms with van der Waals surface area (Å²) >= 11 is 0. The second-order valence-corrected chi connectivity index (χ2v) is 6.92. The maximum absolute atomic E-state index is 11.7. The van der Waals surface area contributed by atoms with E-state index in [-0.39, 0.29) is 18.4 Å². The monoisotopic (exact) mass is 318 g/mol. The summed E-state index contributed by atoms with van der Waals surface area (Å²) < 4.78 is 15.7. The molecule has 6 heteroatoms. The Bertz CT molecular complexity index is 312. The fourth-order valence-corrected chi connectivity index (χ4v) is 2.01. The lowest BCUT2D eigenvalue weighted by molar-refractivity contribution is -0.119. The van der Waals surface area contributed by atoms with Gasteiger partial charge in [0.25, 0.3) is 0 Å². The molecule has 2 atom stereocenters. The average Bonchev–Trinajstić information content (AvgIpc) is 2.37. The fourth-order valence-electron chi connectivity index (χ4n) is 2.01. The second kappa shape index (κ2) is 10.0. The zero-order chi connectivity index (χ0) is 17.3. The molecular weight excluding hydrogens is 284 g/mol. The summed E-state index contributed by atoms with van der Waals surface area (Å²) in [5.74, 6) is 0.725. The molecule has 2 N–H and O–H groups in total. The van der Waals surface area contributed by atoms with Crippen molar-refractivity contribution in [2.24, 2.45) is 11.8 Å². The lowest BCUT2D eigenvalue weighted by Crippen LogP contribution is -2.45. The summed E-state index contributed by atoms with van der Waals surface area (Å²) in [6.07, 6.45) is -0.663. The minimum atomic E-state index is -0.478. The number of nitrogens with one attached hydrogen (secondary N) is 2. The summed E-state index contributed by atoms with van der Waals surface area (Å²) in [5.41, 5.74) is -0.478. The Hall–Kier alpha value is -0.850. The Morgan fingerprint density at radius 1 is 1.05 bits per heavy atom. The Balaban J connectivity index is 4.30. The molecule has 6 nitrogen and oxygen atoms in total. The van der Waals surface area contributed by atoms with Gasteiger partial charge in [-0.1, -0.05) is 13.8 Å². The molecule has 22 heavy (non-hydrogen) atoms. The van der Waals surface area contributed by atoms with Gasteiger partial charge in [0, 0.05) is 27.3 Å². The number of ether oxygens (including phenoxy) is 3. The van der Waals surface area contributed by atoms with Crippen molar-refractivity contribution < 1.29 is 19.0 Å². The summed E-state index contributed by atoms with van der Waals surface area (Å²) in [4.78, 5) is 11.7. The van der Waals surface area contributed by atoms with E-state index in [1.165, 1.54) is 0 Å². The van der Waals surface area contributed by atoms with Crippen LogP contribution in [0.1, 0.15) is 41.5 Å². The van der Waals surface area contributed by atoms with Crippen molar-refractivity contribution >= 4 is 6.09 Å². The van der Waals surface area contributed by atoms with Crippen LogP contribution in [-0.4, -0.2) is 51.3 Å². The zero-order valence-corrected chi connectivity index (χ0v) is 15.4. The number of methoxy groups -OCH3 is 2. The van der Waals surface area contributed by atoms with Gasteiger partial charge in [0.2, 0.25) is 0 Å². The number of hydrogen-bond donors (Lipinski definition) is 2. The van der Waals surface area contributed by atoms with Gasteiger partial charge in [-0.3, -0.25) is 0 Å². The molecule has 0 rings (SSSR count). The Kier molecular flexibility index (Phi) is 9.64. The molecule has 1 amide bonds. The molecule has 0 bridgehead atoms. The molecule has 132 valence electrons. The first-order valence-electron chi connectivity index (χ1n) is 7.86. The maximum Gasteiger partial charge on any atom is 0.407 e. The molecule has 0 aliphatic rings. The van der Waals surface area contributed by atoms with Gasteiger partial charge in [-0.15, -0.1) is 0 Å². The van der Waals surface area contributed by atoms with Gasteiger partial charge in [0.15, 0.2) is 6.29 Å². The third-order valence-corrected chi connectivity index (χ3v) is 3.43. The van der Waals surface area contributed by atoms with Gasteiger partial charge < -0.3 is 24.8 Å². The summed E-state index contributed by atoms with van der Waals surface area (Å²) in [7, 11) is 3.24. The SMILES string of the molecule is COC(OC)C(C)NCC(CNC(=O)OC(C)(C)C)C(C)C. The van der Waals surface area contributed by atoms with Gasteiger partial charge >= 0.3 is 6.09 Å². The lowest BCUT2D eigenvalue weighted by atomic mass is 9.95. The van der Waals surface area contributed by atoms with Crippen LogP contribution in [0.15, 0.2) is 0 Å². The second-order valence-electron chi connectivity index (χ2n) is 6.92. The van der Waals surface area contributed by atoms with Crippen LogP contribution in [0.4, 0.5) is 4.79 Å². The highest BCUT2D eigenvalue weighted by Crippen LogP contribution is 2.11. The highest BCUT2D eigenvalue weighted by atomic mass is 16.7. The minimum absolute atomic E-state index is 0.0674. The third-order valence-electron chi connectivity index (χ3n) is 3.43. The third kappa shape index (κ3) is 9.23. The van der Waals surface area contributed by atoms with Gasteiger partial charge in [-0.2, -0.15) is 0 Å². The molecule has 0 spiro atoms. The average molecular weight is 318 g/mol. The maximum atomic E-state index is 11.7. The van der Waals surface area contributed by atoms with E-state index in [4.69, 9.17) is 14.2 Å². The number of hydrogen-bond acceptors (Lipinski definition) is 5. The molecule has 0 heterocycles. The highest BCUT2D eigenvalue weighted by Gasteiger charge is 2.21. The minimum Gasteiger partial charge on any atom is -0.444 e. The van der Waals surface area contributed by atoms with Crippen molar-refractivity contribution in [1.29, 1.82) is 0 Å². The van der Waals surface area contributed by atoms with Gasteiger partial charge in [0.05, 0.1) is 6.04 Å². The Morgan fingerprint density at radius 3 is 2.00 bits per heavy atom. The van der Waals surface area contributed by atoms with Crippen LogP contribution >= 0.6 is 0 Å². The number of carbonyl (C=O) groups is 1. The predicted octanol–water partition coefficient (Wildman–Crippen LogP) is 2.38. The quantitative estimate of drug-likeness (QED) is 0.639. The number of carbonyl (C=O) groups excluding carboxylic acids is 1. The normalized spacial score (nSPS) is 15.0. The van der Waals surface area contributed by atoms with Crippen LogP contribution < -0.4 is 10.6 Å². The van der Waals surface area contributed by atoms with Gasteiger partial charge in [-0.25, -0.2) is 4.79 Å². The van der Waals surface area contributed by atoms with Crippen molar-refractivity contribution in [2.45, 2.75) is 59.5 Å². The molecule has 0 saturated carbocycles. The molecular formula is C16H34N2O4. The Morgan fingerprint density at radius 2 is 1.59 bits per heavy atom. The molecule has 0 saturated heterocycles. The molecule has 0 aromatic heterocycles. The van der Waals surface area contributed by atoms with E-state index in [2.05, 4.69) is 24.5 Å². The van der Waals surface area contributed by atoms with E-state index >= 15 is 0 Å². The van der Waals surface area contributed by atoms with Crippen LogP contribution in [0.3, 0.4) is 0 Å². The highest BCUT2D eigenvalue weighted by molar-refractivity contribution is 5.67. The van der Waals surface area contributed by atoms with Crippen molar-refractivity contribution in [3.05, 3.63) is 0 Å². The van der Waals surface area contributed by atoms with Crippen molar-refractivity contribution in [2.75, 3.05) is 27.3 Å². The first kappa shape index (κ1) is 21.1.